The molecule has 0 spiro atoms. The molecule has 0 radical (unpaired) electrons. The van der Waals surface area contributed by atoms with Gasteiger partial charge < -0.3 is 14.6 Å². The van der Waals surface area contributed by atoms with Crippen molar-refractivity contribution in [3.05, 3.63) is 41.0 Å². The molecule has 3 heterocycles. The average Bonchev–Trinajstić information content (AvgIpc) is 3.08. The van der Waals surface area contributed by atoms with E-state index in [4.69, 9.17) is 14.6 Å². The van der Waals surface area contributed by atoms with Crippen LogP contribution in [0.5, 0.6) is 11.5 Å². The lowest BCUT2D eigenvalue weighted by atomic mass is 10.1. The number of thiazole rings is 1. The Hall–Kier alpha value is -2.80. The third-order valence-corrected chi connectivity index (χ3v) is 4.58. The third-order valence-electron chi connectivity index (χ3n) is 3.68. The second kappa shape index (κ2) is 5.68. The van der Waals surface area contributed by atoms with Crippen molar-refractivity contribution in [3.8, 4) is 22.8 Å². The molecule has 122 valence electrons. The van der Waals surface area contributed by atoms with E-state index in [9.17, 15) is 4.79 Å². The van der Waals surface area contributed by atoms with Crippen molar-refractivity contribution in [2.45, 2.75) is 6.92 Å². The number of carboxylic acids is 1. The predicted molar refractivity (Wildman–Crippen MR) is 90.9 cm³/mol. The maximum atomic E-state index is 10.9. The molecule has 0 unspecified atom stereocenters. The van der Waals surface area contributed by atoms with Crippen LogP contribution in [-0.4, -0.2) is 33.7 Å². The van der Waals surface area contributed by atoms with Crippen molar-refractivity contribution in [3.63, 3.8) is 0 Å². The van der Waals surface area contributed by atoms with Gasteiger partial charge in [-0.25, -0.2) is 9.78 Å². The fraction of sp³-hybridized carbons (Fsp3) is 0.176. The van der Waals surface area contributed by atoms with Gasteiger partial charge in [0.05, 0.1) is 11.4 Å². The van der Waals surface area contributed by atoms with Crippen LogP contribution in [0.25, 0.3) is 22.3 Å². The zero-order valence-corrected chi connectivity index (χ0v) is 13.7. The minimum Gasteiger partial charge on any atom is -0.486 e. The number of carboxylic acid groups (broad SMARTS) is 1. The molecule has 24 heavy (non-hydrogen) atoms. The summed E-state index contributed by atoms with van der Waals surface area (Å²) >= 11 is 1.56. The molecule has 3 aromatic rings. The molecule has 0 fully saturated rings. The molecule has 0 amide bonds. The van der Waals surface area contributed by atoms with Crippen LogP contribution in [0.15, 0.2) is 30.5 Å². The van der Waals surface area contributed by atoms with Gasteiger partial charge in [0.15, 0.2) is 16.5 Å². The van der Waals surface area contributed by atoms with Gasteiger partial charge in [0.25, 0.3) is 0 Å². The maximum absolute atomic E-state index is 10.9. The molecule has 0 saturated carbocycles. The Morgan fingerprint density at radius 1 is 1.33 bits per heavy atom. The number of aliphatic carboxylic acids is 1. The molecule has 0 bridgehead atoms. The Morgan fingerprint density at radius 3 is 2.92 bits per heavy atom. The zero-order valence-electron chi connectivity index (χ0n) is 12.9. The number of hydrogen-bond donors (Lipinski definition) is 1. The first-order valence-corrected chi connectivity index (χ1v) is 8.23. The van der Waals surface area contributed by atoms with Gasteiger partial charge in [0.1, 0.15) is 13.2 Å². The van der Waals surface area contributed by atoms with Crippen LogP contribution in [0, 0.1) is 6.92 Å². The fourth-order valence-electron chi connectivity index (χ4n) is 2.69. The maximum Gasteiger partial charge on any atom is 0.328 e. The molecule has 0 aliphatic carbocycles. The van der Waals surface area contributed by atoms with E-state index in [0.717, 1.165) is 32.9 Å². The van der Waals surface area contributed by atoms with Crippen LogP contribution in [0.1, 0.15) is 10.6 Å². The Balaban J connectivity index is 1.87. The number of aryl methyl sites for hydroxylation is 1. The van der Waals surface area contributed by atoms with Crippen LogP contribution in [0.2, 0.25) is 0 Å². The average molecular weight is 342 g/mol. The van der Waals surface area contributed by atoms with Crippen molar-refractivity contribution in [2.24, 2.45) is 0 Å². The molecule has 2 aromatic heterocycles. The molecule has 1 N–H and O–H groups in total. The molecular formula is C17H14N2O4S. The van der Waals surface area contributed by atoms with Gasteiger partial charge in [-0.15, -0.1) is 11.3 Å². The second-order valence-electron chi connectivity index (χ2n) is 5.37. The first-order valence-electron chi connectivity index (χ1n) is 7.41. The van der Waals surface area contributed by atoms with E-state index in [0.29, 0.717) is 24.7 Å². The minimum atomic E-state index is -0.995. The summed E-state index contributed by atoms with van der Waals surface area (Å²) in [6, 6.07) is 5.64. The standard InChI is InChI=1S/C17H14N2O4S/c1-10-9-19-12(3-5-15(20)21)16(18-17(19)24-10)11-2-4-13-14(8-11)23-7-6-22-13/h2-5,8-9H,6-7H2,1H3,(H,20,21)/b5-3+. The number of aromatic nitrogens is 2. The second-order valence-corrected chi connectivity index (χ2v) is 6.58. The number of imidazole rings is 1. The lowest BCUT2D eigenvalue weighted by molar-refractivity contribution is -0.131. The van der Waals surface area contributed by atoms with Crippen LogP contribution in [0.4, 0.5) is 0 Å². The summed E-state index contributed by atoms with van der Waals surface area (Å²) in [5.41, 5.74) is 2.31. The first kappa shape index (κ1) is 14.8. The molecule has 1 aliphatic heterocycles. The minimum absolute atomic E-state index is 0.514. The predicted octanol–water partition coefficient (Wildman–Crippen LogP) is 3.24. The van der Waals surface area contributed by atoms with Gasteiger partial charge >= 0.3 is 5.97 Å². The summed E-state index contributed by atoms with van der Waals surface area (Å²) < 4.78 is 13.1. The van der Waals surface area contributed by atoms with E-state index in [1.54, 1.807) is 17.4 Å². The Morgan fingerprint density at radius 2 is 2.12 bits per heavy atom. The van der Waals surface area contributed by atoms with Crippen molar-refractivity contribution >= 4 is 28.3 Å². The summed E-state index contributed by atoms with van der Waals surface area (Å²) in [6.07, 6.45) is 4.65. The highest BCUT2D eigenvalue weighted by molar-refractivity contribution is 7.17. The SMILES string of the molecule is Cc1cn2c(/C=C/C(=O)O)c(-c3ccc4c(c3)OCCO4)nc2s1. The lowest BCUT2D eigenvalue weighted by Gasteiger charge is -2.18. The number of ether oxygens (including phenoxy) is 2. The van der Waals surface area contributed by atoms with Crippen molar-refractivity contribution in [2.75, 3.05) is 13.2 Å². The van der Waals surface area contributed by atoms with Crippen LogP contribution < -0.4 is 9.47 Å². The lowest BCUT2D eigenvalue weighted by Crippen LogP contribution is -2.15. The van der Waals surface area contributed by atoms with Crippen molar-refractivity contribution in [1.29, 1.82) is 0 Å². The largest absolute Gasteiger partial charge is 0.486 e. The van der Waals surface area contributed by atoms with Crippen molar-refractivity contribution < 1.29 is 19.4 Å². The van der Waals surface area contributed by atoms with Crippen LogP contribution in [0.3, 0.4) is 0 Å². The van der Waals surface area contributed by atoms with E-state index >= 15 is 0 Å². The normalized spacial score (nSPS) is 13.7. The van der Waals surface area contributed by atoms with Gasteiger partial charge in [0, 0.05) is 22.7 Å². The number of benzene rings is 1. The summed E-state index contributed by atoms with van der Waals surface area (Å²) in [7, 11) is 0. The number of rotatable bonds is 3. The highest BCUT2D eigenvalue weighted by Crippen LogP contribution is 2.36. The van der Waals surface area contributed by atoms with E-state index in [1.807, 2.05) is 35.7 Å². The summed E-state index contributed by atoms with van der Waals surface area (Å²) in [5.74, 6) is 0.397. The Bertz CT molecular complexity index is 971. The Kier molecular flexibility index (Phi) is 3.50. The van der Waals surface area contributed by atoms with Crippen molar-refractivity contribution in [1.82, 2.24) is 9.38 Å². The monoisotopic (exact) mass is 342 g/mol. The highest BCUT2D eigenvalue weighted by Gasteiger charge is 2.18. The smallest absolute Gasteiger partial charge is 0.328 e. The van der Waals surface area contributed by atoms with Gasteiger partial charge in [-0.2, -0.15) is 0 Å². The molecule has 1 aromatic carbocycles. The van der Waals surface area contributed by atoms with Crippen LogP contribution >= 0.6 is 11.3 Å². The van der Waals surface area contributed by atoms with Gasteiger partial charge in [-0.05, 0) is 31.2 Å². The van der Waals surface area contributed by atoms with Crippen LogP contribution in [-0.2, 0) is 4.79 Å². The summed E-state index contributed by atoms with van der Waals surface area (Å²) in [4.78, 5) is 17.5. The topological polar surface area (TPSA) is 73.1 Å². The fourth-order valence-corrected chi connectivity index (χ4v) is 3.52. The number of hydrogen-bond acceptors (Lipinski definition) is 5. The molecule has 4 rings (SSSR count). The zero-order chi connectivity index (χ0) is 16.7. The molecule has 0 saturated heterocycles. The number of nitrogens with zero attached hydrogens (tertiary/aromatic N) is 2. The number of carbonyl (C=O) groups is 1. The molecule has 6 nitrogen and oxygen atoms in total. The van der Waals surface area contributed by atoms with E-state index < -0.39 is 5.97 Å². The van der Waals surface area contributed by atoms with Gasteiger partial charge in [-0.1, -0.05) is 0 Å². The highest BCUT2D eigenvalue weighted by atomic mass is 32.1. The summed E-state index contributed by atoms with van der Waals surface area (Å²) in [5, 5.41) is 8.96. The molecule has 7 heteroatoms. The van der Waals surface area contributed by atoms with E-state index in [2.05, 4.69) is 4.98 Å². The molecule has 1 aliphatic rings. The Labute approximate surface area is 141 Å². The van der Waals surface area contributed by atoms with E-state index in [-0.39, 0.29) is 0 Å². The molecule has 0 atom stereocenters. The quantitative estimate of drug-likeness (QED) is 0.740. The van der Waals surface area contributed by atoms with Gasteiger partial charge in [-0.3, -0.25) is 4.40 Å². The molecular weight excluding hydrogens is 328 g/mol. The summed E-state index contributed by atoms with van der Waals surface area (Å²) in [6.45, 7) is 3.05. The van der Waals surface area contributed by atoms with Gasteiger partial charge in [0.2, 0.25) is 0 Å². The number of fused-ring (bicyclic) bond motifs is 2. The first-order chi connectivity index (χ1) is 11.6. The van der Waals surface area contributed by atoms with E-state index in [1.165, 1.54) is 0 Å². The third kappa shape index (κ3) is 2.52.